The van der Waals surface area contributed by atoms with E-state index >= 15 is 0 Å². The van der Waals surface area contributed by atoms with Crippen LogP contribution in [-0.2, 0) is 11.2 Å². The summed E-state index contributed by atoms with van der Waals surface area (Å²) in [5.41, 5.74) is 0.462. The molecular formula is C22H16ClF3N2O2S. The fraction of sp³-hybridized carbons (Fsp3) is 0.136. The van der Waals surface area contributed by atoms with Crippen LogP contribution in [0.3, 0.4) is 0 Å². The number of aliphatic imine (C=N–C) groups is 1. The third-order valence-corrected chi connectivity index (χ3v) is 5.78. The average molecular weight is 465 g/mol. The molecule has 0 bridgehead atoms. The summed E-state index contributed by atoms with van der Waals surface area (Å²) < 4.78 is 39.0. The fourth-order valence-corrected chi connectivity index (χ4v) is 3.92. The molecule has 2 aromatic carbocycles. The monoisotopic (exact) mass is 464 g/mol. The van der Waals surface area contributed by atoms with Gasteiger partial charge in [0, 0.05) is 16.2 Å². The first-order valence-corrected chi connectivity index (χ1v) is 10.2. The Balaban J connectivity index is 1.95. The van der Waals surface area contributed by atoms with Crippen LogP contribution in [0.4, 0.5) is 18.9 Å². The molecule has 0 atom stereocenters. The molecule has 2 N–H and O–H groups in total. The quantitative estimate of drug-likeness (QED) is 0.378. The summed E-state index contributed by atoms with van der Waals surface area (Å²) in [7, 11) is 0. The molecule has 0 amide bonds. The third-order valence-electron chi connectivity index (χ3n) is 4.28. The number of carbonyl (C=O) groups is 1. The second kappa shape index (κ2) is 9.45. The summed E-state index contributed by atoms with van der Waals surface area (Å²) in [5, 5.41) is 16.6. The molecule has 0 spiro atoms. The van der Waals surface area contributed by atoms with E-state index in [-0.39, 0.29) is 12.1 Å². The molecular weight excluding hydrogens is 449 g/mol. The number of halogens is 4. The van der Waals surface area contributed by atoms with E-state index in [4.69, 9.17) is 22.1 Å². The molecule has 0 aliphatic rings. The van der Waals surface area contributed by atoms with Gasteiger partial charge in [-0.1, -0.05) is 48.0 Å². The lowest BCUT2D eigenvalue weighted by Crippen LogP contribution is -2.24. The highest BCUT2D eigenvalue weighted by molar-refractivity contribution is 7.17. The highest BCUT2D eigenvalue weighted by Crippen LogP contribution is 2.32. The van der Waals surface area contributed by atoms with Gasteiger partial charge in [-0.15, -0.1) is 11.3 Å². The van der Waals surface area contributed by atoms with Gasteiger partial charge in [-0.3, -0.25) is 9.79 Å². The second-order valence-electron chi connectivity index (χ2n) is 6.59. The van der Waals surface area contributed by atoms with Gasteiger partial charge in [-0.05, 0) is 35.4 Å². The molecule has 0 saturated heterocycles. The summed E-state index contributed by atoms with van der Waals surface area (Å²) in [5.74, 6) is -0.932. The number of carboxylic acid groups (broad SMARTS) is 1. The summed E-state index contributed by atoms with van der Waals surface area (Å²) in [6, 6.07) is 16.9. The summed E-state index contributed by atoms with van der Waals surface area (Å²) in [4.78, 5) is 16.4. The standard InChI is InChI=1S/C22H16ClF3N2O2S/c23-15-3-1-2-4-16(15)28-17(12-20(27)22(24,25)26)19-10-9-18(31-19)14-7-5-13(6-8-14)11-21(29)30/h1-10,27H,11-12H2,(H,29,30). The van der Waals surface area contributed by atoms with Crippen LogP contribution in [0.2, 0.25) is 5.02 Å². The smallest absolute Gasteiger partial charge is 0.429 e. The normalized spacial score (nSPS) is 12.1. The van der Waals surface area contributed by atoms with Crippen LogP contribution >= 0.6 is 22.9 Å². The molecule has 0 unspecified atom stereocenters. The number of hydrogen-bond acceptors (Lipinski definition) is 4. The topological polar surface area (TPSA) is 73.5 Å². The van der Waals surface area contributed by atoms with E-state index in [1.54, 1.807) is 60.7 Å². The zero-order chi connectivity index (χ0) is 22.6. The maximum absolute atomic E-state index is 13.0. The Morgan fingerprint density at radius 1 is 1.06 bits per heavy atom. The van der Waals surface area contributed by atoms with Gasteiger partial charge in [0.2, 0.25) is 0 Å². The number of nitrogens with one attached hydrogen (secondary N) is 1. The number of benzene rings is 2. The lowest BCUT2D eigenvalue weighted by atomic mass is 10.1. The van der Waals surface area contributed by atoms with Gasteiger partial charge in [0.15, 0.2) is 0 Å². The van der Waals surface area contributed by atoms with Crippen LogP contribution in [0.5, 0.6) is 0 Å². The molecule has 1 aromatic heterocycles. The molecule has 0 aliphatic carbocycles. The van der Waals surface area contributed by atoms with Crippen LogP contribution in [0, 0.1) is 5.41 Å². The highest BCUT2D eigenvalue weighted by Gasteiger charge is 2.35. The molecule has 3 rings (SSSR count). The van der Waals surface area contributed by atoms with Gasteiger partial charge in [0.05, 0.1) is 22.8 Å². The third kappa shape index (κ3) is 6.02. The summed E-state index contributed by atoms with van der Waals surface area (Å²) >= 11 is 7.35. The van der Waals surface area contributed by atoms with Crippen LogP contribution < -0.4 is 0 Å². The van der Waals surface area contributed by atoms with Crippen LogP contribution in [0.1, 0.15) is 16.9 Å². The number of alkyl halides is 3. The van der Waals surface area contributed by atoms with E-state index < -0.39 is 24.3 Å². The van der Waals surface area contributed by atoms with Gasteiger partial charge < -0.3 is 10.5 Å². The predicted octanol–water partition coefficient (Wildman–Crippen LogP) is 6.79. The molecule has 3 aromatic rings. The van der Waals surface area contributed by atoms with Crippen molar-refractivity contribution in [2.45, 2.75) is 19.0 Å². The van der Waals surface area contributed by atoms with Crippen LogP contribution in [-0.4, -0.2) is 28.7 Å². The van der Waals surface area contributed by atoms with Gasteiger partial charge >= 0.3 is 12.1 Å². The van der Waals surface area contributed by atoms with Gasteiger partial charge in [-0.25, -0.2) is 0 Å². The largest absolute Gasteiger partial charge is 0.481 e. The van der Waals surface area contributed by atoms with E-state index in [1.165, 1.54) is 11.3 Å². The zero-order valence-electron chi connectivity index (χ0n) is 15.9. The molecule has 9 heteroatoms. The molecule has 0 aliphatic heterocycles. The molecule has 0 radical (unpaired) electrons. The number of rotatable bonds is 7. The molecule has 4 nitrogen and oxygen atoms in total. The van der Waals surface area contributed by atoms with E-state index in [1.807, 2.05) is 0 Å². The number of aliphatic carboxylic acids is 1. The van der Waals surface area contributed by atoms with Crippen molar-refractivity contribution in [1.82, 2.24) is 0 Å². The molecule has 0 fully saturated rings. The minimum Gasteiger partial charge on any atom is -0.481 e. The maximum atomic E-state index is 13.0. The Hall–Kier alpha value is -2.97. The minimum atomic E-state index is -4.75. The van der Waals surface area contributed by atoms with Gasteiger partial charge in [0.1, 0.15) is 5.71 Å². The lowest BCUT2D eigenvalue weighted by Gasteiger charge is -2.10. The first-order valence-electron chi connectivity index (χ1n) is 9.01. The number of para-hydroxylation sites is 1. The van der Waals surface area contributed by atoms with Crippen molar-refractivity contribution in [2.75, 3.05) is 0 Å². The van der Waals surface area contributed by atoms with Crippen molar-refractivity contribution in [3.63, 3.8) is 0 Å². The predicted molar refractivity (Wildman–Crippen MR) is 117 cm³/mol. The van der Waals surface area contributed by atoms with Crippen molar-refractivity contribution >= 4 is 46.0 Å². The number of nitrogens with zero attached hydrogens (tertiary/aromatic N) is 1. The Morgan fingerprint density at radius 2 is 1.74 bits per heavy atom. The van der Waals surface area contributed by atoms with E-state index in [2.05, 4.69) is 4.99 Å². The molecule has 160 valence electrons. The fourth-order valence-electron chi connectivity index (χ4n) is 2.75. The van der Waals surface area contributed by atoms with Crippen molar-refractivity contribution in [3.05, 3.63) is 76.1 Å². The molecule has 0 saturated carbocycles. The number of thiophene rings is 1. The van der Waals surface area contributed by atoms with Crippen molar-refractivity contribution in [3.8, 4) is 10.4 Å². The van der Waals surface area contributed by atoms with E-state index in [0.29, 0.717) is 21.2 Å². The minimum absolute atomic E-state index is 0.0918. The van der Waals surface area contributed by atoms with Gasteiger partial charge in [-0.2, -0.15) is 13.2 Å². The zero-order valence-corrected chi connectivity index (χ0v) is 17.5. The van der Waals surface area contributed by atoms with E-state index in [9.17, 15) is 18.0 Å². The van der Waals surface area contributed by atoms with Crippen molar-refractivity contribution < 1.29 is 23.1 Å². The number of carboxylic acids is 1. The van der Waals surface area contributed by atoms with Gasteiger partial charge in [0.25, 0.3) is 0 Å². The average Bonchev–Trinajstić information content (AvgIpc) is 3.18. The molecule has 1 heterocycles. The second-order valence-corrected chi connectivity index (χ2v) is 8.09. The molecule has 31 heavy (non-hydrogen) atoms. The Kier molecular flexibility index (Phi) is 6.92. The highest BCUT2D eigenvalue weighted by atomic mass is 35.5. The maximum Gasteiger partial charge on any atom is 0.429 e. The van der Waals surface area contributed by atoms with E-state index in [0.717, 1.165) is 10.4 Å². The summed E-state index contributed by atoms with van der Waals surface area (Å²) in [6.07, 6.45) is -5.53. The Morgan fingerprint density at radius 3 is 2.35 bits per heavy atom. The first-order chi connectivity index (χ1) is 14.6. The lowest BCUT2D eigenvalue weighted by molar-refractivity contribution is -0.136. The van der Waals surface area contributed by atoms with Crippen LogP contribution in [0.25, 0.3) is 10.4 Å². The first kappa shape index (κ1) is 22.7. The SMILES string of the molecule is N=C(CC(=Nc1ccccc1Cl)c1ccc(-c2ccc(CC(=O)O)cc2)s1)C(F)(F)F. The van der Waals surface area contributed by atoms with Crippen molar-refractivity contribution in [1.29, 1.82) is 5.41 Å². The van der Waals surface area contributed by atoms with Crippen LogP contribution in [0.15, 0.2) is 65.7 Å². The Labute approximate surface area is 185 Å². The summed E-state index contributed by atoms with van der Waals surface area (Å²) in [6.45, 7) is 0. The Bertz CT molecular complexity index is 1140. The number of hydrogen-bond donors (Lipinski definition) is 2. The van der Waals surface area contributed by atoms with Crippen molar-refractivity contribution in [2.24, 2.45) is 4.99 Å².